The van der Waals surface area contributed by atoms with Crippen LogP contribution in [0, 0.1) is 6.92 Å². The SMILES string of the molecule is Cc1ccc(S(=O)(=O)[C@H]2Cc3ccc4ccccc4c3[C@@H]2c2ccccc2)cc1. The molecular weight excluding hydrogens is 376 g/mol. The topological polar surface area (TPSA) is 34.1 Å². The molecule has 2 atom stereocenters. The third-order valence-corrected chi connectivity index (χ3v) is 8.24. The highest BCUT2D eigenvalue weighted by atomic mass is 32.2. The minimum atomic E-state index is -3.49. The summed E-state index contributed by atoms with van der Waals surface area (Å²) in [5.74, 6) is -0.177. The van der Waals surface area contributed by atoms with E-state index in [1.165, 1.54) is 0 Å². The fraction of sp³-hybridized carbons (Fsp3) is 0.154. The maximum absolute atomic E-state index is 13.7. The summed E-state index contributed by atoms with van der Waals surface area (Å²) in [6.07, 6.45) is 0.538. The monoisotopic (exact) mass is 398 g/mol. The van der Waals surface area contributed by atoms with Gasteiger partial charge in [0, 0.05) is 5.92 Å². The summed E-state index contributed by atoms with van der Waals surface area (Å²) in [5, 5.41) is 1.80. The zero-order valence-electron chi connectivity index (χ0n) is 16.2. The summed E-state index contributed by atoms with van der Waals surface area (Å²) < 4.78 is 27.5. The van der Waals surface area contributed by atoms with Crippen LogP contribution in [0.1, 0.15) is 28.2 Å². The van der Waals surface area contributed by atoms with Crippen LogP contribution in [0.5, 0.6) is 0 Å². The van der Waals surface area contributed by atoms with Crippen LogP contribution in [0.15, 0.2) is 95.9 Å². The number of benzene rings is 4. The van der Waals surface area contributed by atoms with E-state index in [4.69, 9.17) is 0 Å². The molecule has 4 aromatic rings. The van der Waals surface area contributed by atoms with Gasteiger partial charge in [-0.05, 0) is 52.9 Å². The van der Waals surface area contributed by atoms with E-state index >= 15 is 0 Å². The number of sulfone groups is 1. The number of hydrogen-bond acceptors (Lipinski definition) is 2. The molecule has 1 aliphatic rings. The maximum Gasteiger partial charge on any atom is 0.182 e. The van der Waals surface area contributed by atoms with Crippen molar-refractivity contribution in [3.05, 3.63) is 113 Å². The van der Waals surface area contributed by atoms with Gasteiger partial charge in [-0.1, -0.05) is 84.4 Å². The molecule has 0 N–H and O–H groups in total. The van der Waals surface area contributed by atoms with E-state index in [0.29, 0.717) is 11.3 Å². The van der Waals surface area contributed by atoms with Crippen molar-refractivity contribution in [2.24, 2.45) is 0 Å². The molecule has 0 radical (unpaired) electrons. The van der Waals surface area contributed by atoms with E-state index in [9.17, 15) is 8.42 Å². The fourth-order valence-electron chi connectivity index (χ4n) is 4.64. The second kappa shape index (κ2) is 6.85. The lowest BCUT2D eigenvalue weighted by Crippen LogP contribution is -2.26. The van der Waals surface area contributed by atoms with Crippen molar-refractivity contribution in [2.45, 2.75) is 29.4 Å². The molecule has 2 nitrogen and oxygen atoms in total. The zero-order chi connectivity index (χ0) is 20.0. The fourth-order valence-corrected chi connectivity index (χ4v) is 6.56. The van der Waals surface area contributed by atoms with Gasteiger partial charge >= 0.3 is 0 Å². The number of hydrogen-bond donors (Lipinski definition) is 0. The lowest BCUT2D eigenvalue weighted by Gasteiger charge is -2.22. The summed E-state index contributed by atoms with van der Waals surface area (Å²) in [4.78, 5) is 0.408. The Morgan fingerprint density at radius 1 is 0.759 bits per heavy atom. The highest BCUT2D eigenvalue weighted by Gasteiger charge is 2.43. The molecule has 0 fully saturated rings. The molecule has 0 aliphatic heterocycles. The number of fused-ring (bicyclic) bond motifs is 3. The Kier molecular flexibility index (Phi) is 4.29. The van der Waals surface area contributed by atoms with Crippen LogP contribution in [0.3, 0.4) is 0 Å². The molecule has 0 spiro atoms. The van der Waals surface area contributed by atoms with Crippen molar-refractivity contribution in [3.63, 3.8) is 0 Å². The first kappa shape index (κ1) is 18.1. The van der Waals surface area contributed by atoms with Gasteiger partial charge in [-0.15, -0.1) is 0 Å². The van der Waals surface area contributed by atoms with Gasteiger partial charge in [0.1, 0.15) is 0 Å². The van der Waals surface area contributed by atoms with Crippen LogP contribution in [0.2, 0.25) is 0 Å². The van der Waals surface area contributed by atoms with E-state index in [0.717, 1.165) is 33.0 Å². The van der Waals surface area contributed by atoms with Gasteiger partial charge in [0.15, 0.2) is 9.84 Å². The molecule has 0 bridgehead atoms. The standard InChI is InChI=1S/C26H22O2S/c1-18-11-15-22(16-12-18)29(27,28)24-17-21-14-13-19-7-5-6-10-23(19)25(21)26(24)20-8-3-2-4-9-20/h2-16,24,26H,17H2,1H3/t24-,26+/m0/s1. The normalized spacial score (nSPS) is 18.7. The van der Waals surface area contributed by atoms with Crippen molar-refractivity contribution in [2.75, 3.05) is 0 Å². The van der Waals surface area contributed by atoms with Gasteiger partial charge in [-0.25, -0.2) is 8.42 Å². The van der Waals surface area contributed by atoms with Crippen LogP contribution >= 0.6 is 0 Å². The van der Waals surface area contributed by atoms with Crippen LogP contribution < -0.4 is 0 Å². The number of aryl methyl sites for hydroxylation is 1. The molecule has 3 heteroatoms. The molecule has 0 aromatic heterocycles. The van der Waals surface area contributed by atoms with Gasteiger partial charge in [0.2, 0.25) is 0 Å². The Bertz CT molecular complexity index is 1290. The van der Waals surface area contributed by atoms with Gasteiger partial charge in [-0.2, -0.15) is 0 Å². The first-order valence-electron chi connectivity index (χ1n) is 9.92. The summed E-state index contributed by atoms with van der Waals surface area (Å²) >= 11 is 0. The summed E-state index contributed by atoms with van der Waals surface area (Å²) in [5.41, 5.74) is 4.42. The summed E-state index contributed by atoms with van der Waals surface area (Å²) in [6.45, 7) is 1.97. The average molecular weight is 399 g/mol. The largest absolute Gasteiger partial charge is 0.223 e. The smallest absolute Gasteiger partial charge is 0.182 e. The Balaban J connectivity index is 1.74. The van der Waals surface area contributed by atoms with Crippen LogP contribution in [-0.4, -0.2) is 13.7 Å². The predicted octanol–water partition coefficient (Wildman–Crippen LogP) is 5.68. The van der Waals surface area contributed by atoms with E-state index in [1.54, 1.807) is 12.1 Å². The predicted molar refractivity (Wildman–Crippen MR) is 118 cm³/mol. The van der Waals surface area contributed by atoms with E-state index < -0.39 is 15.1 Å². The van der Waals surface area contributed by atoms with Gasteiger partial charge in [0.25, 0.3) is 0 Å². The van der Waals surface area contributed by atoms with Gasteiger partial charge in [-0.3, -0.25) is 0 Å². The average Bonchev–Trinajstić information content (AvgIpc) is 3.16. The molecule has 0 saturated heterocycles. The second-order valence-corrected chi connectivity index (χ2v) is 10.0. The summed E-state index contributed by atoms with van der Waals surface area (Å²) in [7, 11) is -3.49. The molecular formula is C26H22O2S. The molecule has 4 aromatic carbocycles. The number of rotatable bonds is 3. The Hall–Kier alpha value is -2.91. The van der Waals surface area contributed by atoms with Gasteiger partial charge < -0.3 is 0 Å². The third kappa shape index (κ3) is 2.97. The molecule has 29 heavy (non-hydrogen) atoms. The van der Waals surface area contributed by atoms with E-state index in [2.05, 4.69) is 36.4 Å². The van der Waals surface area contributed by atoms with Crippen LogP contribution in [0.25, 0.3) is 10.8 Å². The molecule has 0 unspecified atom stereocenters. The first-order valence-corrected chi connectivity index (χ1v) is 11.5. The molecule has 5 rings (SSSR count). The van der Waals surface area contributed by atoms with Crippen molar-refractivity contribution >= 4 is 20.6 Å². The lowest BCUT2D eigenvalue weighted by atomic mass is 9.89. The molecule has 0 saturated carbocycles. The molecule has 1 aliphatic carbocycles. The lowest BCUT2D eigenvalue weighted by molar-refractivity contribution is 0.573. The quantitative estimate of drug-likeness (QED) is 0.445. The van der Waals surface area contributed by atoms with Crippen molar-refractivity contribution in [1.82, 2.24) is 0 Å². The summed E-state index contributed by atoms with van der Waals surface area (Å²) in [6, 6.07) is 29.8. The van der Waals surface area contributed by atoms with Crippen LogP contribution in [0.4, 0.5) is 0 Å². The van der Waals surface area contributed by atoms with E-state index in [-0.39, 0.29) is 5.92 Å². The second-order valence-electron chi connectivity index (χ2n) is 7.85. The third-order valence-electron chi connectivity index (χ3n) is 6.07. The zero-order valence-corrected chi connectivity index (χ0v) is 17.1. The first-order chi connectivity index (χ1) is 14.1. The van der Waals surface area contributed by atoms with Crippen molar-refractivity contribution in [3.8, 4) is 0 Å². The minimum Gasteiger partial charge on any atom is -0.223 e. The van der Waals surface area contributed by atoms with Crippen molar-refractivity contribution < 1.29 is 8.42 Å². The Morgan fingerprint density at radius 2 is 1.45 bits per heavy atom. The van der Waals surface area contributed by atoms with Gasteiger partial charge in [0.05, 0.1) is 10.1 Å². The highest BCUT2D eigenvalue weighted by molar-refractivity contribution is 7.92. The highest BCUT2D eigenvalue weighted by Crippen LogP contribution is 2.46. The molecule has 144 valence electrons. The molecule has 0 amide bonds. The van der Waals surface area contributed by atoms with E-state index in [1.807, 2.05) is 49.4 Å². The van der Waals surface area contributed by atoms with Crippen LogP contribution in [-0.2, 0) is 16.3 Å². The maximum atomic E-state index is 13.7. The molecule has 0 heterocycles. The van der Waals surface area contributed by atoms with Crippen molar-refractivity contribution in [1.29, 1.82) is 0 Å². The minimum absolute atomic E-state index is 0.177. The Labute approximate surface area is 171 Å². The Morgan fingerprint density at radius 3 is 2.21 bits per heavy atom.